The molecule has 0 radical (unpaired) electrons. The van der Waals surface area contributed by atoms with Crippen LogP contribution in [0.3, 0.4) is 0 Å². The fourth-order valence-corrected chi connectivity index (χ4v) is 1.56. The molecule has 1 nitrogen and oxygen atoms in total. The first-order valence-electron chi connectivity index (χ1n) is 4.51. The maximum Gasteiger partial charge on any atom is 0.249 e. The van der Waals surface area contributed by atoms with E-state index in [1.54, 1.807) is 0 Å². The Labute approximate surface area is 90.6 Å². The van der Waals surface area contributed by atoms with Crippen molar-refractivity contribution in [1.82, 2.24) is 0 Å². The molecule has 90 valence electrons. The number of hydrogen-bond acceptors (Lipinski definition) is 2. The van der Waals surface area contributed by atoms with Gasteiger partial charge in [0, 0.05) is 31.9 Å². The Morgan fingerprint density at radius 1 is 1.13 bits per heavy atom. The van der Waals surface area contributed by atoms with Gasteiger partial charge in [-0.05, 0) is 6.92 Å². The van der Waals surface area contributed by atoms with Crippen LogP contribution >= 0.6 is 11.8 Å². The van der Waals surface area contributed by atoms with E-state index in [2.05, 4.69) is 0 Å². The zero-order valence-electron chi connectivity index (χ0n) is 8.66. The maximum absolute atomic E-state index is 12.9. The summed E-state index contributed by atoms with van der Waals surface area (Å²) in [6, 6.07) is 0. The molecule has 0 bridgehead atoms. The number of alkyl halides is 4. The van der Waals surface area contributed by atoms with Gasteiger partial charge in [0.05, 0.1) is 0 Å². The van der Waals surface area contributed by atoms with Crippen LogP contribution in [-0.4, -0.2) is 22.7 Å². The second-order valence-corrected chi connectivity index (χ2v) is 4.79. The van der Waals surface area contributed by atoms with Crippen LogP contribution in [0, 0.1) is 0 Å². The van der Waals surface area contributed by atoms with Crippen LogP contribution in [0.4, 0.5) is 17.6 Å². The highest BCUT2D eigenvalue weighted by Crippen LogP contribution is 2.31. The van der Waals surface area contributed by atoms with E-state index < -0.39 is 31.1 Å². The van der Waals surface area contributed by atoms with Crippen molar-refractivity contribution in [2.45, 2.75) is 45.0 Å². The molecular formula is C9H14F4OS. The van der Waals surface area contributed by atoms with Crippen LogP contribution in [0.2, 0.25) is 0 Å². The lowest BCUT2D eigenvalue weighted by atomic mass is 10.1. The Hall–Kier alpha value is -0.260. The van der Waals surface area contributed by atoms with E-state index in [9.17, 15) is 22.4 Å². The minimum absolute atomic E-state index is 0.0301. The molecule has 0 heterocycles. The van der Waals surface area contributed by atoms with E-state index in [1.165, 1.54) is 6.92 Å². The van der Waals surface area contributed by atoms with Crippen LogP contribution < -0.4 is 0 Å². The molecule has 0 aliphatic heterocycles. The standard InChI is InChI=1S/C9H14F4OS/c1-7(14)15-6-5-9(12,13)4-3-8(2,10)11/h3-6H2,1-2H3. The normalized spacial score (nSPS) is 12.9. The third-order valence-corrected chi connectivity index (χ3v) is 2.52. The number of carbonyl (C=O) groups excluding carboxylic acids is 1. The molecule has 0 N–H and O–H groups in total. The predicted octanol–water partition coefficient (Wildman–Crippen LogP) is 3.73. The van der Waals surface area contributed by atoms with Crippen molar-refractivity contribution in [2.75, 3.05) is 5.75 Å². The quantitative estimate of drug-likeness (QED) is 0.664. The molecular weight excluding hydrogens is 232 g/mol. The predicted molar refractivity (Wildman–Crippen MR) is 52.6 cm³/mol. The Kier molecular flexibility index (Phi) is 5.62. The number of halogens is 4. The smallest absolute Gasteiger partial charge is 0.249 e. The molecule has 6 heteroatoms. The van der Waals surface area contributed by atoms with Gasteiger partial charge in [-0.1, -0.05) is 11.8 Å². The van der Waals surface area contributed by atoms with Gasteiger partial charge in [-0.15, -0.1) is 0 Å². The van der Waals surface area contributed by atoms with Crippen molar-refractivity contribution in [1.29, 1.82) is 0 Å². The van der Waals surface area contributed by atoms with Crippen molar-refractivity contribution in [3.05, 3.63) is 0 Å². The van der Waals surface area contributed by atoms with Crippen molar-refractivity contribution in [3.8, 4) is 0 Å². The summed E-state index contributed by atoms with van der Waals surface area (Å²) in [5.41, 5.74) is 0. The van der Waals surface area contributed by atoms with E-state index in [4.69, 9.17) is 0 Å². The molecule has 0 saturated carbocycles. The largest absolute Gasteiger partial charge is 0.288 e. The van der Waals surface area contributed by atoms with Gasteiger partial charge in [0.25, 0.3) is 0 Å². The summed E-state index contributed by atoms with van der Waals surface area (Å²) in [5, 5.41) is -0.244. The first-order chi connectivity index (χ1) is 6.62. The van der Waals surface area contributed by atoms with Crippen molar-refractivity contribution < 1.29 is 22.4 Å². The summed E-state index contributed by atoms with van der Waals surface area (Å²) >= 11 is 0.785. The van der Waals surface area contributed by atoms with Gasteiger partial charge >= 0.3 is 0 Å². The average Bonchev–Trinajstić information content (AvgIpc) is 1.99. The van der Waals surface area contributed by atoms with Gasteiger partial charge in [-0.25, -0.2) is 17.6 Å². The SMILES string of the molecule is CC(=O)SCCC(F)(F)CCC(C)(F)F. The lowest BCUT2D eigenvalue weighted by Gasteiger charge is -2.18. The topological polar surface area (TPSA) is 17.1 Å². The second-order valence-electron chi connectivity index (χ2n) is 3.52. The summed E-state index contributed by atoms with van der Waals surface area (Å²) in [4.78, 5) is 10.4. The average molecular weight is 246 g/mol. The van der Waals surface area contributed by atoms with Gasteiger partial charge in [0.1, 0.15) is 0 Å². The first kappa shape index (κ1) is 14.7. The zero-order valence-corrected chi connectivity index (χ0v) is 9.47. The summed E-state index contributed by atoms with van der Waals surface area (Å²) in [6.45, 7) is 1.90. The molecule has 0 unspecified atom stereocenters. The molecule has 0 fully saturated rings. The molecule has 0 aliphatic rings. The fourth-order valence-electron chi connectivity index (χ4n) is 0.871. The number of carbonyl (C=O) groups is 1. The molecule has 0 rings (SSSR count). The molecule has 0 atom stereocenters. The number of hydrogen-bond donors (Lipinski definition) is 0. The third kappa shape index (κ3) is 10.0. The molecule has 15 heavy (non-hydrogen) atoms. The molecule has 0 aliphatic carbocycles. The number of thioether (sulfide) groups is 1. The van der Waals surface area contributed by atoms with Crippen LogP contribution in [0.25, 0.3) is 0 Å². The molecule has 0 aromatic heterocycles. The monoisotopic (exact) mass is 246 g/mol. The van der Waals surface area contributed by atoms with Crippen molar-refractivity contribution in [3.63, 3.8) is 0 Å². The second kappa shape index (κ2) is 5.72. The lowest BCUT2D eigenvalue weighted by molar-refractivity contribution is -0.109. The van der Waals surface area contributed by atoms with Gasteiger partial charge in [-0.2, -0.15) is 0 Å². The summed E-state index contributed by atoms with van der Waals surface area (Å²) in [7, 11) is 0. The van der Waals surface area contributed by atoms with Gasteiger partial charge in [0.2, 0.25) is 11.8 Å². The minimum Gasteiger partial charge on any atom is -0.288 e. The minimum atomic E-state index is -3.11. The van der Waals surface area contributed by atoms with E-state index in [0.29, 0.717) is 6.92 Å². The van der Waals surface area contributed by atoms with Gasteiger partial charge < -0.3 is 0 Å². The first-order valence-corrected chi connectivity index (χ1v) is 5.50. The fraction of sp³-hybridized carbons (Fsp3) is 0.889. The van der Waals surface area contributed by atoms with Gasteiger partial charge in [-0.3, -0.25) is 4.79 Å². The van der Waals surface area contributed by atoms with E-state index in [1.807, 2.05) is 0 Å². The van der Waals surface area contributed by atoms with E-state index >= 15 is 0 Å². The molecule has 0 aromatic carbocycles. The van der Waals surface area contributed by atoms with Crippen molar-refractivity contribution >= 4 is 16.9 Å². The molecule has 0 amide bonds. The summed E-state index contributed by atoms with van der Waals surface area (Å²) in [5.74, 6) is -6.20. The van der Waals surface area contributed by atoms with Crippen LogP contribution in [0.5, 0.6) is 0 Å². The Balaban J connectivity index is 3.81. The van der Waals surface area contributed by atoms with Crippen LogP contribution in [0.15, 0.2) is 0 Å². The van der Waals surface area contributed by atoms with E-state index in [-0.39, 0.29) is 10.9 Å². The zero-order chi connectivity index (χ0) is 12.1. The summed E-state index contributed by atoms with van der Waals surface area (Å²) in [6.07, 6.45) is -2.20. The highest BCUT2D eigenvalue weighted by Gasteiger charge is 2.33. The molecule has 0 aromatic rings. The Bertz CT molecular complexity index is 213. The van der Waals surface area contributed by atoms with E-state index in [0.717, 1.165) is 11.8 Å². The van der Waals surface area contributed by atoms with Crippen molar-refractivity contribution in [2.24, 2.45) is 0 Å². The highest BCUT2D eigenvalue weighted by atomic mass is 32.2. The Morgan fingerprint density at radius 3 is 2.07 bits per heavy atom. The summed E-state index contributed by atoms with van der Waals surface area (Å²) < 4.78 is 50.5. The maximum atomic E-state index is 12.9. The third-order valence-electron chi connectivity index (χ3n) is 1.70. The molecule has 0 saturated heterocycles. The number of rotatable bonds is 6. The lowest BCUT2D eigenvalue weighted by Crippen LogP contribution is -2.22. The Morgan fingerprint density at radius 2 is 1.67 bits per heavy atom. The van der Waals surface area contributed by atoms with Gasteiger partial charge in [0.15, 0.2) is 5.12 Å². The molecule has 0 spiro atoms. The van der Waals surface area contributed by atoms with Crippen LogP contribution in [0.1, 0.15) is 33.1 Å². The highest BCUT2D eigenvalue weighted by molar-refractivity contribution is 8.13. The van der Waals surface area contributed by atoms with Crippen LogP contribution in [-0.2, 0) is 4.79 Å².